The second-order valence-corrected chi connectivity index (χ2v) is 0.452. The molecule has 5 nitrogen and oxygen atoms in total. The van der Waals surface area contributed by atoms with Crippen LogP contribution in [0.4, 0.5) is 0 Å². The first-order chi connectivity index (χ1) is 2.83. The van der Waals surface area contributed by atoms with Gasteiger partial charge in [0.25, 0.3) is 0 Å². The summed E-state index contributed by atoms with van der Waals surface area (Å²) >= 11 is 0. The maximum Gasteiger partial charge on any atom is 0.0402 e. The van der Waals surface area contributed by atoms with E-state index >= 15 is 0 Å². The molecule has 0 aliphatic carbocycles. The minimum atomic E-state index is 0. The minimum absolute atomic E-state index is 0. The molecule has 0 aromatic carbocycles. The molecule has 0 spiro atoms. The molecule has 0 saturated carbocycles. The molecule has 0 unspecified atom stereocenters. The number of rotatable bonds is 0. The minimum Gasteiger partial charge on any atom is -0.397 e. The molecule has 5 heteroatoms. The summed E-state index contributed by atoms with van der Waals surface area (Å²) in [6.07, 6.45) is 0. The Bertz CT molecular complexity index is 12.9. The largest absolute Gasteiger partial charge is 0.397 e. The highest BCUT2D eigenvalue weighted by Crippen LogP contribution is 1.30. The van der Waals surface area contributed by atoms with Gasteiger partial charge in [0, 0.05) is 6.61 Å². The Balaban J connectivity index is -0.0000000400. The van der Waals surface area contributed by atoms with E-state index in [1.165, 1.54) is 0 Å². The maximum absolute atomic E-state index is 7.57. The van der Waals surface area contributed by atoms with Crippen molar-refractivity contribution in [2.75, 3.05) is 6.61 Å². The first-order valence-corrected chi connectivity index (χ1v) is 1.49. The zero-order valence-electron chi connectivity index (χ0n) is 4.42. The van der Waals surface area contributed by atoms with E-state index in [2.05, 4.69) is 16.7 Å². The zero-order chi connectivity index (χ0) is 5.41. The van der Waals surface area contributed by atoms with Gasteiger partial charge >= 0.3 is 0 Å². The standard InChI is InChI=1S/C2H6O.H4N2O.H3N/c1-2-3;1-3-2;/h3H,2H2,1H3;1-2H2;1H3. The number of aliphatic hydroxyl groups is 1. The van der Waals surface area contributed by atoms with Crippen LogP contribution in [0.25, 0.3) is 0 Å². The molecule has 48 valence electrons. The van der Waals surface area contributed by atoms with Crippen LogP contribution in [0.15, 0.2) is 0 Å². The van der Waals surface area contributed by atoms with Crippen molar-refractivity contribution in [1.82, 2.24) is 6.15 Å². The van der Waals surface area contributed by atoms with Crippen molar-refractivity contribution in [3.05, 3.63) is 0 Å². The van der Waals surface area contributed by atoms with E-state index in [9.17, 15) is 0 Å². The van der Waals surface area contributed by atoms with Crippen LogP contribution in [0, 0.1) is 0 Å². The lowest BCUT2D eigenvalue weighted by molar-refractivity contribution is 0.142. The highest BCUT2D eigenvalue weighted by Gasteiger charge is 1.34. The smallest absolute Gasteiger partial charge is 0.0402 e. The van der Waals surface area contributed by atoms with E-state index in [4.69, 9.17) is 5.11 Å². The fourth-order valence-corrected chi connectivity index (χ4v) is 0. The molecule has 0 aromatic rings. The van der Waals surface area contributed by atoms with Gasteiger partial charge in [0.1, 0.15) is 0 Å². The highest BCUT2D eigenvalue weighted by molar-refractivity contribution is 3.84. The maximum atomic E-state index is 7.57. The van der Waals surface area contributed by atoms with Crippen molar-refractivity contribution in [2.45, 2.75) is 6.92 Å². The van der Waals surface area contributed by atoms with Gasteiger partial charge in [-0.3, -0.25) is 0 Å². The highest BCUT2D eigenvalue weighted by atomic mass is 16.7. The molecule has 0 radical (unpaired) electrons. The Morgan fingerprint density at radius 2 is 1.57 bits per heavy atom. The Morgan fingerprint density at radius 3 is 1.57 bits per heavy atom. The van der Waals surface area contributed by atoms with Crippen LogP contribution in [0.5, 0.6) is 0 Å². The van der Waals surface area contributed by atoms with Crippen molar-refractivity contribution >= 4 is 0 Å². The van der Waals surface area contributed by atoms with Gasteiger partial charge < -0.3 is 11.3 Å². The molecule has 0 aromatic heterocycles. The van der Waals surface area contributed by atoms with Crippen molar-refractivity contribution in [2.24, 2.45) is 11.8 Å². The van der Waals surface area contributed by atoms with E-state index < -0.39 is 0 Å². The van der Waals surface area contributed by atoms with Gasteiger partial charge in [0.2, 0.25) is 0 Å². The normalized spacial score (nSPS) is 5.14. The molecule has 7 heavy (non-hydrogen) atoms. The first-order valence-electron chi connectivity index (χ1n) is 1.49. The molecule has 0 aliphatic heterocycles. The lowest BCUT2D eigenvalue weighted by Crippen LogP contribution is -2.03. The fraction of sp³-hybridized carbons (Fsp3) is 1.00. The van der Waals surface area contributed by atoms with Gasteiger partial charge in [-0.2, -0.15) is 11.8 Å². The quantitative estimate of drug-likeness (QED) is 0.296. The van der Waals surface area contributed by atoms with E-state index in [1.54, 1.807) is 6.92 Å². The predicted molar refractivity (Wildman–Crippen MR) is 27.2 cm³/mol. The van der Waals surface area contributed by atoms with Crippen LogP contribution in [0.2, 0.25) is 0 Å². The molecule has 0 aliphatic rings. The Labute approximate surface area is 42.7 Å². The summed E-state index contributed by atoms with van der Waals surface area (Å²) in [5.74, 6) is 8.25. The average molecular weight is 111 g/mol. The first kappa shape index (κ1) is 15.8. The van der Waals surface area contributed by atoms with Crippen LogP contribution in [-0.2, 0) is 4.94 Å². The van der Waals surface area contributed by atoms with Crippen molar-refractivity contribution in [3.8, 4) is 0 Å². The molecule has 0 atom stereocenters. The Hall–Kier alpha value is -0.200. The summed E-state index contributed by atoms with van der Waals surface area (Å²) in [6.45, 7) is 1.93. The number of nitrogens with two attached hydrogens (primary N) is 2. The molecule has 8 N–H and O–H groups in total. The number of hydrogen-bond acceptors (Lipinski definition) is 5. The molecular weight excluding hydrogens is 98.0 g/mol. The number of aliphatic hydroxyl groups excluding tert-OH is 1. The van der Waals surface area contributed by atoms with Crippen molar-refractivity contribution < 1.29 is 10.0 Å². The van der Waals surface area contributed by atoms with E-state index in [0.717, 1.165) is 0 Å². The molecule has 0 amide bonds. The average Bonchev–Trinajstić information content (AvgIpc) is 1.39. The second kappa shape index (κ2) is 41.2. The van der Waals surface area contributed by atoms with Crippen LogP contribution in [0.3, 0.4) is 0 Å². The summed E-state index contributed by atoms with van der Waals surface area (Å²) in [4.78, 5) is 3.25. The molecule has 0 heterocycles. The molecule has 0 fully saturated rings. The fourth-order valence-electron chi connectivity index (χ4n) is 0. The van der Waals surface area contributed by atoms with Crippen molar-refractivity contribution in [3.63, 3.8) is 0 Å². The summed E-state index contributed by atoms with van der Waals surface area (Å²) in [5.41, 5.74) is 0. The topological polar surface area (TPSA) is 116 Å². The lowest BCUT2D eigenvalue weighted by Gasteiger charge is -1.62. The third-order valence-electron chi connectivity index (χ3n) is 0. The van der Waals surface area contributed by atoms with Crippen LogP contribution < -0.4 is 17.9 Å². The zero-order valence-corrected chi connectivity index (χ0v) is 4.42. The summed E-state index contributed by atoms with van der Waals surface area (Å²) in [5, 5.41) is 7.57. The van der Waals surface area contributed by atoms with Gasteiger partial charge in [-0.1, -0.05) is 0 Å². The van der Waals surface area contributed by atoms with Gasteiger partial charge in [0.15, 0.2) is 0 Å². The summed E-state index contributed by atoms with van der Waals surface area (Å²) in [6, 6.07) is 0. The third-order valence-corrected chi connectivity index (χ3v) is 0. The van der Waals surface area contributed by atoms with Gasteiger partial charge in [-0.15, -0.1) is 0 Å². The van der Waals surface area contributed by atoms with Crippen LogP contribution in [-0.4, -0.2) is 11.7 Å². The Morgan fingerprint density at radius 1 is 1.57 bits per heavy atom. The van der Waals surface area contributed by atoms with E-state index in [1.807, 2.05) is 0 Å². The SMILES string of the molecule is CCO.N.NON. The van der Waals surface area contributed by atoms with Gasteiger partial charge in [-0.25, -0.2) is 4.94 Å². The third kappa shape index (κ3) is 2090. The molecular formula is C2H13N3O2. The summed E-state index contributed by atoms with van der Waals surface area (Å²) in [7, 11) is 0. The van der Waals surface area contributed by atoms with Crippen LogP contribution in [0.1, 0.15) is 6.92 Å². The Kier molecular flexibility index (Phi) is 93.3. The van der Waals surface area contributed by atoms with Gasteiger partial charge in [-0.05, 0) is 6.92 Å². The number of hydrogen-bond donors (Lipinski definition) is 4. The van der Waals surface area contributed by atoms with Crippen molar-refractivity contribution in [1.29, 1.82) is 0 Å². The van der Waals surface area contributed by atoms with E-state index in [0.29, 0.717) is 0 Å². The summed E-state index contributed by atoms with van der Waals surface area (Å²) < 4.78 is 0. The predicted octanol–water partition coefficient (Wildman–Crippen LogP) is -1.09. The van der Waals surface area contributed by atoms with Gasteiger partial charge in [0.05, 0.1) is 0 Å². The molecule has 0 saturated heterocycles. The lowest BCUT2D eigenvalue weighted by atomic mass is 10.9. The van der Waals surface area contributed by atoms with E-state index in [-0.39, 0.29) is 12.8 Å². The monoisotopic (exact) mass is 111 g/mol. The van der Waals surface area contributed by atoms with Crippen LogP contribution >= 0.6 is 0 Å². The second-order valence-electron chi connectivity index (χ2n) is 0.452. The molecule has 0 rings (SSSR count). The molecule has 0 bridgehead atoms.